The molecule has 0 aliphatic carbocycles. The number of aryl methyl sites for hydroxylation is 1. The lowest BCUT2D eigenvalue weighted by atomic mass is 9.93. The van der Waals surface area contributed by atoms with Gasteiger partial charge in [0.05, 0.1) is 12.4 Å². The van der Waals surface area contributed by atoms with Gasteiger partial charge in [0, 0.05) is 10.5 Å². The summed E-state index contributed by atoms with van der Waals surface area (Å²) in [5.41, 5.74) is 8.16. The summed E-state index contributed by atoms with van der Waals surface area (Å²) in [6.07, 6.45) is 0. The lowest BCUT2D eigenvalue weighted by Gasteiger charge is -2.18. The first-order valence-corrected chi connectivity index (χ1v) is 19.7. The Morgan fingerprint density at radius 2 is 1.07 bits per heavy atom. The normalized spacial score (nSPS) is 10.7. The summed E-state index contributed by atoms with van der Waals surface area (Å²) < 4.78 is 24.2. The molecule has 0 amide bonds. The molecule has 7 rings (SSSR count). The average molecular weight is 771 g/mol. The highest BCUT2D eigenvalue weighted by Gasteiger charge is 2.16. The van der Waals surface area contributed by atoms with Crippen LogP contribution in [0.3, 0.4) is 0 Å². The molecule has 0 saturated carbocycles. The lowest BCUT2D eigenvalue weighted by molar-refractivity contribution is -0.139. The van der Waals surface area contributed by atoms with E-state index in [4.69, 9.17) is 24.1 Å². The van der Waals surface area contributed by atoms with E-state index in [2.05, 4.69) is 72.8 Å². The van der Waals surface area contributed by atoms with Gasteiger partial charge < -0.3 is 24.1 Å². The highest BCUT2D eigenvalue weighted by molar-refractivity contribution is 7.99. The summed E-state index contributed by atoms with van der Waals surface area (Å²) in [6, 6.07) is 58.7. The number of rotatable bonds is 16. The highest BCUT2D eigenvalue weighted by Crippen LogP contribution is 2.36. The van der Waals surface area contributed by atoms with Crippen molar-refractivity contribution in [3.63, 3.8) is 0 Å². The van der Waals surface area contributed by atoms with Crippen molar-refractivity contribution < 1.29 is 28.8 Å². The Hall–Kier alpha value is -6.70. The second-order valence-corrected chi connectivity index (χ2v) is 14.2. The molecule has 0 aromatic heterocycles. The second-order valence-electron chi connectivity index (χ2n) is 13.2. The summed E-state index contributed by atoms with van der Waals surface area (Å²) in [6.45, 7) is 4.04. The Balaban J connectivity index is 1.20. The predicted molar refractivity (Wildman–Crippen MR) is 229 cm³/mol. The zero-order valence-corrected chi connectivity index (χ0v) is 32.6. The van der Waals surface area contributed by atoms with Gasteiger partial charge in [0.15, 0.2) is 6.61 Å². The number of benzene rings is 7. The van der Waals surface area contributed by atoms with Gasteiger partial charge in [-0.15, -0.1) is 11.8 Å². The van der Waals surface area contributed by atoms with Crippen molar-refractivity contribution in [3.8, 4) is 51.0 Å². The summed E-state index contributed by atoms with van der Waals surface area (Å²) in [5, 5.41) is 9.07. The minimum absolute atomic E-state index is 0.384. The second kappa shape index (κ2) is 18.8. The molecule has 0 atom stereocenters. The average Bonchev–Trinajstić information content (AvgIpc) is 3.24. The van der Waals surface area contributed by atoms with E-state index in [1.165, 1.54) is 0 Å². The number of carboxylic acids is 1. The van der Waals surface area contributed by atoms with Gasteiger partial charge in [-0.3, -0.25) is 0 Å². The fourth-order valence-electron chi connectivity index (χ4n) is 6.40. The van der Waals surface area contributed by atoms with Crippen LogP contribution in [0.1, 0.15) is 23.6 Å². The molecule has 7 heteroatoms. The van der Waals surface area contributed by atoms with E-state index in [-0.39, 0.29) is 6.61 Å². The van der Waals surface area contributed by atoms with Gasteiger partial charge in [-0.2, -0.15) is 0 Å². The first kappa shape index (κ1) is 38.6. The minimum atomic E-state index is -1.01. The molecule has 0 unspecified atom stereocenters. The lowest BCUT2D eigenvalue weighted by Crippen LogP contribution is -2.10. The van der Waals surface area contributed by atoms with Crippen LogP contribution in [-0.2, 0) is 9.53 Å². The van der Waals surface area contributed by atoms with Crippen LogP contribution >= 0.6 is 11.8 Å². The third kappa shape index (κ3) is 10.3. The van der Waals surface area contributed by atoms with Crippen molar-refractivity contribution in [3.05, 3.63) is 198 Å². The molecule has 0 aliphatic heterocycles. The van der Waals surface area contributed by atoms with Crippen LogP contribution in [0.5, 0.6) is 28.7 Å². The smallest absolute Gasteiger partial charge is 0.341 e. The molecule has 7 aromatic rings. The monoisotopic (exact) mass is 770 g/mol. The molecule has 0 aliphatic rings. The van der Waals surface area contributed by atoms with E-state index in [1.54, 1.807) is 11.8 Å². The van der Waals surface area contributed by atoms with Crippen molar-refractivity contribution >= 4 is 23.3 Å². The van der Waals surface area contributed by atoms with E-state index >= 15 is 0 Å². The van der Waals surface area contributed by atoms with Gasteiger partial charge >= 0.3 is 5.97 Å². The fourth-order valence-corrected chi connectivity index (χ4v) is 7.35. The zero-order chi connectivity index (χ0) is 39.4. The van der Waals surface area contributed by atoms with Crippen molar-refractivity contribution in [2.45, 2.75) is 18.7 Å². The molecule has 1 N–H and O–H groups in total. The summed E-state index contributed by atoms with van der Waals surface area (Å²) in [4.78, 5) is 12.1. The number of thioether (sulfide) groups is 1. The summed E-state index contributed by atoms with van der Waals surface area (Å²) in [7, 11) is 0. The SMILES string of the molecule is CCOC(CSc1ccc(OCC(=O)O)c(C)c1)=C(c1ccc(-c2cccc(Oc3ccccc3)c2)cc1)c1ccc(-c2cccc(Oc3ccccc3)c2)cc1. The number of ether oxygens (including phenoxy) is 4. The molecular weight excluding hydrogens is 729 g/mol. The molecule has 0 radical (unpaired) electrons. The molecule has 0 saturated heterocycles. The molecule has 7 aromatic carbocycles. The van der Waals surface area contributed by atoms with Crippen LogP contribution in [0.25, 0.3) is 27.8 Å². The number of para-hydroxylation sites is 2. The largest absolute Gasteiger partial charge is 0.497 e. The molecule has 57 heavy (non-hydrogen) atoms. The van der Waals surface area contributed by atoms with Crippen molar-refractivity contribution in [2.75, 3.05) is 19.0 Å². The van der Waals surface area contributed by atoms with Gasteiger partial charge in [0.25, 0.3) is 0 Å². The third-order valence-corrected chi connectivity index (χ3v) is 10.1. The standard InChI is InChI=1S/C50H42O6S/c1-3-53-48(34-57-46-28-29-47(35(2)30-46)54-33-49(51)52)50(38-24-20-36(21-25-38)40-12-10-18-44(31-40)55-42-14-6-4-7-15-42)39-26-22-37(23-27-39)41-13-11-19-45(32-41)56-43-16-8-5-9-17-43/h4-32H,3,33-34H2,1-2H3,(H,51,52). The van der Waals surface area contributed by atoms with E-state index in [0.29, 0.717) is 18.1 Å². The number of aliphatic carboxylic acids is 1. The van der Waals surface area contributed by atoms with Gasteiger partial charge in [-0.1, -0.05) is 109 Å². The Kier molecular flexibility index (Phi) is 12.7. The van der Waals surface area contributed by atoms with Crippen LogP contribution in [0.2, 0.25) is 0 Å². The molecule has 284 valence electrons. The Labute approximate surface area is 338 Å². The van der Waals surface area contributed by atoms with Crippen LogP contribution in [0, 0.1) is 6.92 Å². The van der Waals surface area contributed by atoms with Crippen molar-refractivity contribution in [2.24, 2.45) is 0 Å². The van der Waals surface area contributed by atoms with Crippen molar-refractivity contribution in [1.82, 2.24) is 0 Å². The van der Waals surface area contributed by atoms with Gasteiger partial charge in [0.2, 0.25) is 0 Å². The summed E-state index contributed by atoms with van der Waals surface area (Å²) >= 11 is 1.66. The number of carbonyl (C=O) groups is 1. The maximum absolute atomic E-state index is 11.1. The van der Waals surface area contributed by atoms with E-state index < -0.39 is 5.97 Å². The van der Waals surface area contributed by atoms with Gasteiger partial charge in [-0.25, -0.2) is 4.79 Å². The first-order valence-electron chi connectivity index (χ1n) is 18.7. The quantitative estimate of drug-likeness (QED) is 0.0775. The molecule has 0 bridgehead atoms. The van der Waals surface area contributed by atoms with Gasteiger partial charge in [-0.05, 0) is 120 Å². The third-order valence-electron chi connectivity index (χ3n) is 9.10. The first-order chi connectivity index (χ1) is 27.9. The summed E-state index contributed by atoms with van der Waals surface area (Å²) in [5.74, 6) is 4.08. The number of hydrogen-bond acceptors (Lipinski definition) is 6. The van der Waals surface area contributed by atoms with Gasteiger partial charge in [0.1, 0.15) is 34.5 Å². The minimum Gasteiger partial charge on any atom is -0.497 e. The topological polar surface area (TPSA) is 74.2 Å². The van der Waals surface area contributed by atoms with Crippen LogP contribution in [-0.4, -0.2) is 30.0 Å². The predicted octanol–water partition coefficient (Wildman–Crippen LogP) is 13.0. The van der Waals surface area contributed by atoms with Crippen LogP contribution < -0.4 is 14.2 Å². The maximum Gasteiger partial charge on any atom is 0.341 e. The number of carboxylic acid groups (broad SMARTS) is 1. The zero-order valence-electron chi connectivity index (χ0n) is 31.8. The Morgan fingerprint density at radius 1 is 0.561 bits per heavy atom. The molecule has 0 fully saturated rings. The van der Waals surface area contributed by atoms with Crippen LogP contribution in [0.15, 0.2) is 187 Å². The highest BCUT2D eigenvalue weighted by atomic mass is 32.2. The van der Waals surface area contributed by atoms with E-state index in [1.807, 2.05) is 117 Å². The van der Waals surface area contributed by atoms with Crippen molar-refractivity contribution in [1.29, 1.82) is 0 Å². The molecular formula is C50H42O6S. The fraction of sp³-hybridized carbons (Fsp3) is 0.100. The molecule has 0 spiro atoms. The number of hydrogen-bond donors (Lipinski definition) is 1. The van der Waals surface area contributed by atoms with E-state index in [9.17, 15) is 4.79 Å². The molecule has 6 nitrogen and oxygen atoms in total. The van der Waals surface area contributed by atoms with E-state index in [0.717, 1.165) is 78.2 Å². The maximum atomic E-state index is 11.1. The Bertz CT molecular complexity index is 2310. The molecule has 0 heterocycles. The van der Waals surface area contributed by atoms with Crippen LogP contribution in [0.4, 0.5) is 0 Å². The Morgan fingerprint density at radius 3 is 1.54 bits per heavy atom.